The Bertz CT molecular complexity index is 600. The summed E-state index contributed by atoms with van der Waals surface area (Å²) in [5.41, 5.74) is 7.97. The molecule has 0 heterocycles. The van der Waals surface area contributed by atoms with Gasteiger partial charge < -0.3 is 11.1 Å². The lowest BCUT2D eigenvalue weighted by Crippen LogP contribution is -1.98. The molecule has 0 aliphatic heterocycles. The van der Waals surface area contributed by atoms with E-state index >= 15 is 0 Å². The van der Waals surface area contributed by atoms with E-state index in [1.807, 2.05) is 0 Å². The summed E-state index contributed by atoms with van der Waals surface area (Å²) >= 11 is 11.7. The van der Waals surface area contributed by atoms with E-state index in [-0.39, 0.29) is 5.82 Å². The summed E-state index contributed by atoms with van der Waals surface area (Å²) in [5, 5.41) is 3.99. The average Bonchev–Trinajstić information content (AvgIpc) is 2.31. The van der Waals surface area contributed by atoms with E-state index in [9.17, 15) is 4.39 Å². The second-order valence-electron chi connectivity index (χ2n) is 3.94. The topological polar surface area (TPSA) is 38.0 Å². The maximum absolute atomic E-state index is 13.3. The summed E-state index contributed by atoms with van der Waals surface area (Å²) in [6.45, 7) is 1.68. The quantitative estimate of drug-likeness (QED) is 0.780. The Morgan fingerprint density at radius 1 is 1.11 bits per heavy atom. The molecule has 5 heteroatoms. The zero-order valence-corrected chi connectivity index (χ0v) is 11.1. The standard InChI is InChI=1S/C13H11Cl2FN2/c1-7-4-13(12(17)6-11(7)16)18-8-2-3-9(14)10(15)5-8/h2-6,18H,17H2,1H3. The minimum atomic E-state index is -0.327. The van der Waals surface area contributed by atoms with E-state index in [1.54, 1.807) is 31.2 Å². The lowest BCUT2D eigenvalue weighted by molar-refractivity contribution is 0.619. The van der Waals surface area contributed by atoms with E-state index < -0.39 is 0 Å². The maximum Gasteiger partial charge on any atom is 0.128 e. The normalized spacial score (nSPS) is 10.4. The highest BCUT2D eigenvalue weighted by Crippen LogP contribution is 2.30. The van der Waals surface area contributed by atoms with Gasteiger partial charge in [-0.25, -0.2) is 4.39 Å². The van der Waals surface area contributed by atoms with Crippen molar-refractivity contribution in [1.82, 2.24) is 0 Å². The lowest BCUT2D eigenvalue weighted by atomic mass is 10.1. The van der Waals surface area contributed by atoms with Gasteiger partial charge >= 0.3 is 0 Å². The maximum atomic E-state index is 13.3. The van der Waals surface area contributed by atoms with Crippen molar-refractivity contribution in [2.24, 2.45) is 0 Å². The Morgan fingerprint density at radius 2 is 1.83 bits per heavy atom. The van der Waals surface area contributed by atoms with Crippen LogP contribution in [0.2, 0.25) is 10.0 Å². The van der Waals surface area contributed by atoms with Crippen molar-refractivity contribution < 1.29 is 4.39 Å². The van der Waals surface area contributed by atoms with Gasteiger partial charge in [0.05, 0.1) is 21.4 Å². The van der Waals surface area contributed by atoms with Gasteiger partial charge in [-0.2, -0.15) is 0 Å². The fourth-order valence-electron chi connectivity index (χ4n) is 1.53. The molecular formula is C13H11Cl2FN2. The van der Waals surface area contributed by atoms with E-state index in [1.165, 1.54) is 6.07 Å². The molecule has 0 aliphatic carbocycles. The summed E-state index contributed by atoms with van der Waals surface area (Å²) in [4.78, 5) is 0. The molecule has 3 N–H and O–H groups in total. The van der Waals surface area contributed by atoms with Gasteiger partial charge in [-0.3, -0.25) is 0 Å². The molecular weight excluding hydrogens is 274 g/mol. The molecule has 0 amide bonds. The second-order valence-corrected chi connectivity index (χ2v) is 4.76. The van der Waals surface area contributed by atoms with Gasteiger partial charge in [0.2, 0.25) is 0 Å². The van der Waals surface area contributed by atoms with E-state index in [0.29, 0.717) is 27.0 Å². The molecule has 0 saturated carbocycles. The molecule has 94 valence electrons. The van der Waals surface area contributed by atoms with Crippen LogP contribution >= 0.6 is 23.2 Å². The summed E-state index contributed by atoms with van der Waals surface area (Å²) in [7, 11) is 0. The zero-order chi connectivity index (χ0) is 13.3. The number of aryl methyl sites for hydroxylation is 1. The first-order valence-electron chi connectivity index (χ1n) is 5.25. The van der Waals surface area contributed by atoms with Crippen LogP contribution in [0.4, 0.5) is 21.5 Å². The molecule has 0 spiro atoms. The fourth-order valence-corrected chi connectivity index (χ4v) is 1.83. The molecule has 0 saturated heterocycles. The predicted octanol–water partition coefficient (Wildman–Crippen LogP) is 4.77. The highest BCUT2D eigenvalue weighted by molar-refractivity contribution is 6.42. The Labute approximate surface area is 115 Å². The first-order chi connectivity index (χ1) is 8.47. The number of hydrogen-bond acceptors (Lipinski definition) is 2. The fraction of sp³-hybridized carbons (Fsp3) is 0.0769. The smallest absolute Gasteiger partial charge is 0.128 e. The highest BCUT2D eigenvalue weighted by atomic mass is 35.5. The van der Waals surface area contributed by atoms with Crippen LogP contribution in [0.25, 0.3) is 0 Å². The highest BCUT2D eigenvalue weighted by Gasteiger charge is 2.06. The summed E-state index contributed by atoms with van der Waals surface area (Å²) in [6.07, 6.45) is 0. The average molecular weight is 285 g/mol. The van der Waals surface area contributed by atoms with Crippen molar-refractivity contribution in [3.05, 3.63) is 51.8 Å². The first-order valence-corrected chi connectivity index (χ1v) is 6.00. The molecule has 0 radical (unpaired) electrons. The van der Waals surface area contributed by atoms with Crippen LogP contribution < -0.4 is 11.1 Å². The van der Waals surface area contributed by atoms with Crippen LogP contribution in [-0.4, -0.2) is 0 Å². The number of anilines is 3. The number of nitrogen functional groups attached to an aromatic ring is 1. The van der Waals surface area contributed by atoms with E-state index in [4.69, 9.17) is 28.9 Å². The van der Waals surface area contributed by atoms with E-state index in [0.717, 1.165) is 5.69 Å². The van der Waals surface area contributed by atoms with Crippen LogP contribution in [0.3, 0.4) is 0 Å². The SMILES string of the molecule is Cc1cc(Nc2ccc(Cl)c(Cl)c2)c(N)cc1F. The monoisotopic (exact) mass is 284 g/mol. The third kappa shape index (κ3) is 2.68. The molecule has 2 aromatic rings. The predicted molar refractivity (Wildman–Crippen MR) is 75.3 cm³/mol. The molecule has 0 atom stereocenters. The second kappa shape index (κ2) is 5.04. The Balaban J connectivity index is 2.34. The van der Waals surface area contributed by atoms with Crippen molar-refractivity contribution >= 4 is 40.3 Å². The van der Waals surface area contributed by atoms with Crippen LogP contribution in [-0.2, 0) is 0 Å². The summed E-state index contributed by atoms with van der Waals surface area (Å²) < 4.78 is 13.3. The van der Waals surface area contributed by atoms with Gasteiger partial charge in [0.1, 0.15) is 5.82 Å². The summed E-state index contributed by atoms with van der Waals surface area (Å²) in [6, 6.07) is 8.07. The van der Waals surface area contributed by atoms with Crippen LogP contribution in [0, 0.1) is 12.7 Å². The Morgan fingerprint density at radius 3 is 2.50 bits per heavy atom. The van der Waals surface area contributed by atoms with Gasteiger partial charge in [0.25, 0.3) is 0 Å². The molecule has 2 rings (SSSR count). The largest absolute Gasteiger partial charge is 0.397 e. The third-order valence-electron chi connectivity index (χ3n) is 2.53. The van der Waals surface area contributed by atoms with Gasteiger partial charge in [-0.05, 0) is 42.8 Å². The van der Waals surface area contributed by atoms with Crippen molar-refractivity contribution in [1.29, 1.82) is 0 Å². The zero-order valence-electron chi connectivity index (χ0n) is 9.60. The van der Waals surface area contributed by atoms with Crippen LogP contribution in [0.15, 0.2) is 30.3 Å². The first kappa shape index (κ1) is 13.0. The van der Waals surface area contributed by atoms with Gasteiger partial charge in [-0.1, -0.05) is 23.2 Å². The van der Waals surface area contributed by atoms with E-state index in [2.05, 4.69) is 5.32 Å². The number of hydrogen-bond donors (Lipinski definition) is 2. The summed E-state index contributed by atoms with van der Waals surface area (Å²) in [5.74, 6) is -0.327. The number of benzene rings is 2. The van der Waals surface area contributed by atoms with Crippen molar-refractivity contribution in [3.8, 4) is 0 Å². The molecule has 0 unspecified atom stereocenters. The molecule has 2 aromatic carbocycles. The minimum Gasteiger partial charge on any atom is -0.397 e. The molecule has 18 heavy (non-hydrogen) atoms. The minimum absolute atomic E-state index is 0.327. The van der Waals surface area contributed by atoms with Crippen molar-refractivity contribution in [3.63, 3.8) is 0 Å². The van der Waals surface area contributed by atoms with Crippen molar-refractivity contribution in [2.45, 2.75) is 6.92 Å². The molecule has 2 nitrogen and oxygen atoms in total. The van der Waals surface area contributed by atoms with Crippen LogP contribution in [0.1, 0.15) is 5.56 Å². The van der Waals surface area contributed by atoms with Crippen LogP contribution in [0.5, 0.6) is 0 Å². The third-order valence-corrected chi connectivity index (χ3v) is 3.27. The van der Waals surface area contributed by atoms with Gasteiger partial charge in [-0.15, -0.1) is 0 Å². The molecule has 0 fully saturated rings. The molecule has 0 aliphatic rings. The molecule has 0 bridgehead atoms. The lowest BCUT2D eigenvalue weighted by Gasteiger charge is -2.11. The van der Waals surface area contributed by atoms with Crippen molar-refractivity contribution in [2.75, 3.05) is 11.1 Å². The number of rotatable bonds is 2. The number of halogens is 3. The number of nitrogens with one attached hydrogen (secondary N) is 1. The van der Waals surface area contributed by atoms with Gasteiger partial charge in [0.15, 0.2) is 0 Å². The Kier molecular flexibility index (Phi) is 3.64. The Hall–Kier alpha value is -1.45. The molecule has 0 aromatic heterocycles. The number of nitrogens with two attached hydrogens (primary N) is 1. The van der Waals surface area contributed by atoms with Gasteiger partial charge in [0, 0.05) is 5.69 Å².